The van der Waals surface area contributed by atoms with Crippen LogP contribution in [0.5, 0.6) is 5.75 Å². The van der Waals surface area contributed by atoms with Crippen molar-refractivity contribution in [1.29, 1.82) is 0 Å². The molecular formula is C33H32F6N4O3. The summed E-state index contributed by atoms with van der Waals surface area (Å²) >= 11 is 0. The fourth-order valence-electron chi connectivity index (χ4n) is 6.11. The number of methoxy groups -OCH3 is 1. The molecule has 13 heteroatoms. The van der Waals surface area contributed by atoms with E-state index in [9.17, 15) is 35.9 Å². The van der Waals surface area contributed by atoms with E-state index < -0.39 is 51.8 Å². The predicted molar refractivity (Wildman–Crippen MR) is 164 cm³/mol. The average molecular weight is 647 g/mol. The summed E-state index contributed by atoms with van der Waals surface area (Å²) in [6.07, 6.45) is -5.14. The minimum Gasteiger partial charge on any atom is -0.497 e. The molecule has 2 heterocycles. The lowest BCUT2D eigenvalue weighted by Crippen LogP contribution is -2.48. The van der Waals surface area contributed by atoms with Crippen LogP contribution in [0.2, 0.25) is 0 Å². The second-order valence-electron chi connectivity index (χ2n) is 11.7. The molecule has 4 aromatic rings. The van der Waals surface area contributed by atoms with Gasteiger partial charge in [0.05, 0.1) is 29.8 Å². The van der Waals surface area contributed by atoms with Crippen LogP contribution in [0.1, 0.15) is 42.5 Å². The van der Waals surface area contributed by atoms with E-state index >= 15 is 0 Å². The van der Waals surface area contributed by atoms with Gasteiger partial charge in [0.15, 0.2) is 0 Å². The van der Waals surface area contributed by atoms with Crippen LogP contribution < -0.4 is 26.2 Å². The van der Waals surface area contributed by atoms with Crippen molar-refractivity contribution in [1.82, 2.24) is 9.88 Å². The van der Waals surface area contributed by atoms with Crippen LogP contribution in [0.4, 0.5) is 43.4 Å². The minimum absolute atomic E-state index is 0.00903. The van der Waals surface area contributed by atoms with Crippen LogP contribution in [0, 0.1) is 11.8 Å². The van der Waals surface area contributed by atoms with Crippen molar-refractivity contribution in [3.8, 4) is 5.75 Å². The highest BCUT2D eigenvalue weighted by molar-refractivity contribution is 5.85. The van der Waals surface area contributed by atoms with E-state index in [4.69, 9.17) is 4.74 Å². The van der Waals surface area contributed by atoms with E-state index in [1.807, 2.05) is 13.1 Å². The zero-order chi connectivity index (χ0) is 33.6. The second kappa shape index (κ2) is 12.4. The van der Waals surface area contributed by atoms with Crippen LogP contribution in [0.3, 0.4) is 0 Å². The van der Waals surface area contributed by atoms with Crippen molar-refractivity contribution in [2.75, 3.05) is 31.3 Å². The van der Waals surface area contributed by atoms with E-state index in [1.165, 1.54) is 7.11 Å². The number of hydrogen-bond acceptors (Lipinski definition) is 7. The van der Waals surface area contributed by atoms with Crippen molar-refractivity contribution in [3.63, 3.8) is 0 Å². The number of likely N-dealkylation sites (N-methyl/N-ethyl adjacent to an activating group) is 1. The van der Waals surface area contributed by atoms with E-state index in [-0.39, 0.29) is 29.6 Å². The number of nitrogens with one attached hydrogen (secondary N) is 2. The summed E-state index contributed by atoms with van der Waals surface area (Å²) in [6, 6.07) is 7.11. The van der Waals surface area contributed by atoms with E-state index in [0.29, 0.717) is 47.3 Å². The minimum atomic E-state index is -5.09. The topological polar surface area (TPSA) is 83.6 Å². The van der Waals surface area contributed by atoms with E-state index in [2.05, 4.69) is 34.0 Å². The quantitative estimate of drug-likeness (QED) is 0.112. The number of alkyl halides is 6. The smallest absolute Gasteiger partial charge is 0.416 e. The molecule has 1 aliphatic heterocycles. The van der Waals surface area contributed by atoms with Crippen LogP contribution in [0.25, 0.3) is 10.9 Å². The van der Waals surface area contributed by atoms with Gasteiger partial charge in [0.2, 0.25) is 0 Å². The molecule has 0 spiro atoms. The molecule has 3 unspecified atom stereocenters. The number of benzene rings is 2. The van der Waals surface area contributed by atoms with Crippen LogP contribution in [-0.4, -0.2) is 36.6 Å². The van der Waals surface area contributed by atoms with Gasteiger partial charge in [-0.25, -0.2) is 0 Å². The van der Waals surface area contributed by atoms with Gasteiger partial charge in [0, 0.05) is 23.3 Å². The van der Waals surface area contributed by atoms with Crippen LogP contribution in [0.15, 0.2) is 70.9 Å². The van der Waals surface area contributed by atoms with Crippen LogP contribution >= 0.6 is 0 Å². The van der Waals surface area contributed by atoms with Gasteiger partial charge in [-0.3, -0.25) is 14.6 Å². The summed E-state index contributed by atoms with van der Waals surface area (Å²) in [5, 5.41) is 6.27. The van der Waals surface area contributed by atoms with Crippen molar-refractivity contribution in [2.24, 2.45) is 11.8 Å². The molecule has 7 nitrogen and oxygen atoms in total. The maximum atomic E-state index is 13.5. The lowest BCUT2D eigenvalue weighted by atomic mass is 9.78. The van der Waals surface area contributed by atoms with Gasteiger partial charge in [-0.05, 0) is 86.3 Å². The third-order valence-corrected chi connectivity index (χ3v) is 8.85. The number of hydrogen-bond donors (Lipinski definition) is 2. The summed E-state index contributed by atoms with van der Waals surface area (Å²) in [6.45, 7) is 6.71. The normalized spacial score (nSPS) is 19.2. The number of aromatic nitrogens is 1. The number of fused-ring (bicyclic) bond motifs is 1. The maximum Gasteiger partial charge on any atom is 0.416 e. The van der Waals surface area contributed by atoms with Gasteiger partial charge < -0.3 is 20.3 Å². The highest BCUT2D eigenvalue weighted by atomic mass is 19.4. The molecule has 46 heavy (non-hydrogen) atoms. The van der Waals surface area contributed by atoms with E-state index in [0.717, 1.165) is 6.42 Å². The number of pyridine rings is 1. The van der Waals surface area contributed by atoms with Crippen LogP contribution in [-0.2, 0) is 12.4 Å². The fourth-order valence-corrected chi connectivity index (χ4v) is 6.11. The maximum absolute atomic E-state index is 13.5. The highest BCUT2D eigenvalue weighted by Crippen LogP contribution is 2.41. The molecule has 1 fully saturated rings. The molecule has 0 bridgehead atoms. The zero-order valence-corrected chi connectivity index (χ0v) is 25.2. The summed E-state index contributed by atoms with van der Waals surface area (Å²) in [7, 11) is 3.45. The van der Waals surface area contributed by atoms with Gasteiger partial charge >= 0.3 is 12.4 Å². The first-order chi connectivity index (χ1) is 21.6. The summed E-state index contributed by atoms with van der Waals surface area (Å²) < 4.78 is 86.5. The zero-order valence-electron chi connectivity index (χ0n) is 25.2. The molecule has 2 N–H and O–H groups in total. The molecule has 3 aromatic carbocycles. The van der Waals surface area contributed by atoms with Crippen molar-refractivity contribution < 1.29 is 31.1 Å². The van der Waals surface area contributed by atoms with Gasteiger partial charge in [-0.1, -0.05) is 13.0 Å². The Bertz CT molecular complexity index is 1800. The fraction of sp³-hybridized carbons (Fsp3) is 0.364. The largest absolute Gasteiger partial charge is 0.497 e. The Morgan fingerprint density at radius 1 is 1.00 bits per heavy atom. The molecule has 1 aromatic heterocycles. The molecule has 244 valence electrons. The lowest BCUT2D eigenvalue weighted by Gasteiger charge is -2.43. The first kappa shape index (κ1) is 33.0. The van der Waals surface area contributed by atoms with Gasteiger partial charge in [-0.2, -0.15) is 26.3 Å². The Balaban J connectivity index is 1.61. The van der Waals surface area contributed by atoms with Crippen molar-refractivity contribution in [3.05, 3.63) is 98.5 Å². The molecule has 1 saturated heterocycles. The lowest BCUT2D eigenvalue weighted by molar-refractivity contribution is -0.143. The third-order valence-electron chi connectivity index (χ3n) is 8.85. The first-order valence-corrected chi connectivity index (χ1v) is 14.5. The summed E-state index contributed by atoms with van der Waals surface area (Å²) in [5.74, 6) is 0.970. The number of halogens is 6. The Kier molecular flexibility index (Phi) is 8.91. The number of allylic oxidation sites excluding steroid dienone is 1. The number of rotatable bonds is 9. The average Bonchev–Trinajstić information content (AvgIpc) is 3.03. The highest BCUT2D eigenvalue weighted by Gasteiger charge is 2.39. The molecule has 0 saturated carbocycles. The number of anilines is 3. The third kappa shape index (κ3) is 6.46. The summed E-state index contributed by atoms with van der Waals surface area (Å²) in [4.78, 5) is 32.3. The van der Waals surface area contributed by atoms with Gasteiger partial charge in [-0.15, -0.1) is 6.58 Å². The number of ether oxygens (including phenoxy) is 1. The van der Waals surface area contributed by atoms with Gasteiger partial charge in [0.25, 0.3) is 10.9 Å². The molecule has 0 radical (unpaired) electrons. The Hall–Kier alpha value is -4.39. The molecule has 0 amide bonds. The van der Waals surface area contributed by atoms with Gasteiger partial charge in [0.1, 0.15) is 17.1 Å². The molecular weight excluding hydrogens is 614 g/mol. The number of nitrogens with zero attached hydrogens (tertiary/aromatic N) is 2. The molecule has 5 rings (SSSR count). The first-order valence-electron chi connectivity index (χ1n) is 14.5. The number of likely N-dealkylation sites (tertiary alicyclic amines) is 1. The molecule has 4 atom stereocenters. The molecule has 0 aliphatic carbocycles. The monoisotopic (exact) mass is 646 g/mol. The van der Waals surface area contributed by atoms with E-state index in [1.54, 1.807) is 30.5 Å². The standard InChI is InChI=1S/C33H32F6N4O3/c1-5-17(2)18-9-11-43(3)26(12-18)27(23-8-10-40-25-7-6-22(46-4)16-24(23)25)42-29-28(30(44)31(29)45)41-21-14-19(32(34,35)36)13-20(15-21)33(37,38)39/h5-8,10,13-18,26-27,41-42H,1,9,11-12H2,2-4H3/t17?,18?,26?,27-/m1/s1. The number of piperidine rings is 1. The Morgan fingerprint density at radius 2 is 1.65 bits per heavy atom. The molecule has 1 aliphatic rings. The Morgan fingerprint density at radius 3 is 2.26 bits per heavy atom. The SMILES string of the molecule is C=CC(C)C1CCN(C)C([C@H](Nc2c(Nc3cc(C(F)(F)F)cc(C(F)(F)F)c3)c(=O)c2=O)c2ccnc3ccc(OC)cc23)C1. The van der Waals surface area contributed by atoms with Crippen molar-refractivity contribution in [2.45, 2.75) is 44.2 Å². The predicted octanol–water partition coefficient (Wildman–Crippen LogP) is 7.31. The van der Waals surface area contributed by atoms with Crippen molar-refractivity contribution >= 4 is 28.0 Å². The second-order valence-corrected chi connectivity index (χ2v) is 11.7. The Labute approximate surface area is 260 Å². The summed E-state index contributed by atoms with van der Waals surface area (Å²) in [5.41, 5.74) is -5.07.